The molecule has 2 aromatic heterocycles. The van der Waals surface area contributed by atoms with Gasteiger partial charge in [0.25, 0.3) is 0 Å². The number of aromatic nitrogens is 2. The first-order valence-electron chi connectivity index (χ1n) is 6.34. The fraction of sp³-hybridized carbons (Fsp3) is 0.0625. The molecule has 0 spiro atoms. The molecule has 0 radical (unpaired) electrons. The average molecular weight is 505 g/mol. The van der Waals surface area contributed by atoms with Crippen molar-refractivity contribution in [2.24, 2.45) is 7.05 Å². The number of nitrogens with one attached hydrogen (secondary N) is 1. The van der Waals surface area contributed by atoms with E-state index in [0.717, 1.165) is 25.5 Å². The Hall–Kier alpha value is -0.960. The summed E-state index contributed by atoms with van der Waals surface area (Å²) in [6, 6.07) is 13.5. The number of fused-ring (bicyclic) bond motifs is 4. The van der Waals surface area contributed by atoms with Gasteiger partial charge < -0.3 is 4.98 Å². The van der Waals surface area contributed by atoms with Crippen molar-refractivity contribution in [1.29, 1.82) is 0 Å². The van der Waals surface area contributed by atoms with Crippen LogP contribution in [-0.2, 0) is 7.05 Å². The predicted molar refractivity (Wildman–Crippen MR) is 103 cm³/mol. The summed E-state index contributed by atoms with van der Waals surface area (Å²) in [7, 11) is 2.03. The first kappa shape index (κ1) is 15.0. The van der Waals surface area contributed by atoms with Gasteiger partial charge in [-0.15, -0.1) is 24.0 Å². The van der Waals surface area contributed by atoms with Gasteiger partial charge in [-0.25, -0.2) is 4.39 Å². The third-order valence-corrected chi connectivity index (χ3v) is 4.93. The van der Waals surface area contributed by atoms with E-state index in [1.54, 1.807) is 6.07 Å². The summed E-state index contributed by atoms with van der Waals surface area (Å²) in [6.45, 7) is 0. The second-order valence-corrected chi connectivity index (χ2v) is 5.98. The number of hydrogen-bond acceptors (Lipinski definition) is 0. The lowest BCUT2D eigenvalue weighted by Crippen LogP contribution is -2.30. The molecule has 106 valence electrons. The van der Waals surface area contributed by atoms with Crippen LogP contribution >= 0.6 is 46.6 Å². The molecule has 0 aliphatic rings. The molecule has 2 nitrogen and oxygen atoms in total. The zero-order valence-corrected chi connectivity index (χ0v) is 15.6. The SMILES string of the molecule is C[n+]1c2ccccc2c(I)c2[nH]c3c(F)cccc3c21.I. The Morgan fingerprint density at radius 3 is 2.52 bits per heavy atom. The summed E-state index contributed by atoms with van der Waals surface area (Å²) in [4.78, 5) is 3.24. The maximum absolute atomic E-state index is 14.0. The van der Waals surface area contributed by atoms with E-state index >= 15 is 0 Å². The summed E-state index contributed by atoms with van der Waals surface area (Å²) >= 11 is 2.33. The van der Waals surface area contributed by atoms with Crippen LogP contribution in [0.25, 0.3) is 32.8 Å². The van der Waals surface area contributed by atoms with Gasteiger partial charge in [0.15, 0.2) is 0 Å². The molecule has 0 bridgehead atoms. The van der Waals surface area contributed by atoms with Gasteiger partial charge in [0.1, 0.15) is 18.4 Å². The molecule has 5 heteroatoms. The molecule has 0 fully saturated rings. The van der Waals surface area contributed by atoms with Gasteiger partial charge in [0.2, 0.25) is 11.0 Å². The van der Waals surface area contributed by atoms with Gasteiger partial charge in [0.05, 0.1) is 19.9 Å². The third kappa shape index (κ3) is 2.04. The van der Waals surface area contributed by atoms with Crippen molar-refractivity contribution in [3.8, 4) is 0 Å². The topological polar surface area (TPSA) is 19.7 Å². The van der Waals surface area contributed by atoms with Crippen LogP contribution < -0.4 is 4.57 Å². The van der Waals surface area contributed by atoms with Crippen molar-refractivity contribution < 1.29 is 8.96 Å². The molecule has 0 amide bonds. The normalized spacial score (nSPS) is 11.2. The first-order valence-corrected chi connectivity index (χ1v) is 7.42. The van der Waals surface area contributed by atoms with Gasteiger partial charge in [0, 0.05) is 6.07 Å². The second-order valence-electron chi connectivity index (χ2n) is 4.90. The average Bonchev–Trinajstić information content (AvgIpc) is 2.86. The number of pyridine rings is 1. The Morgan fingerprint density at radius 1 is 1.00 bits per heavy atom. The number of para-hydroxylation sites is 2. The minimum atomic E-state index is -0.210. The van der Waals surface area contributed by atoms with Gasteiger partial charge in [-0.05, 0) is 40.8 Å². The summed E-state index contributed by atoms with van der Waals surface area (Å²) in [6.07, 6.45) is 0. The van der Waals surface area contributed by atoms with Crippen LogP contribution in [0.5, 0.6) is 0 Å². The number of aryl methyl sites for hydroxylation is 1. The highest BCUT2D eigenvalue weighted by atomic mass is 127. The molecule has 1 N–H and O–H groups in total. The number of nitrogens with zero attached hydrogens (tertiary/aromatic N) is 1. The number of halogens is 3. The summed E-state index contributed by atoms with van der Waals surface area (Å²) in [5.41, 5.74) is 3.76. The molecular weight excluding hydrogens is 493 g/mol. The van der Waals surface area contributed by atoms with E-state index in [9.17, 15) is 4.39 Å². The predicted octanol–water partition coefficient (Wildman–Crippen LogP) is 4.66. The monoisotopic (exact) mass is 505 g/mol. The molecular formula is C16H12FI2N2+. The van der Waals surface area contributed by atoms with E-state index in [0.29, 0.717) is 5.52 Å². The molecule has 4 rings (SSSR count). The van der Waals surface area contributed by atoms with Crippen molar-refractivity contribution >= 4 is 79.4 Å². The fourth-order valence-electron chi connectivity index (χ4n) is 2.88. The van der Waals surface area contributed by atoms with E-state index < -0.39 is 0 Å². The van der Waals surface area contributed by atoms with Crippen LogP contribution in [0.1, 0.15) is 0 Å². The Kier molecular flexibility index (Phi) is 3.81. The molecule has 2 heterocycles. The molecule has 2 aromatic carbocycles. The minimum Gasteiger partial charge on any atom is -0.346 e. The highest BCUT2D eigenvalue weighted by molar-refractivity contribution is 14.1. The number of rotatable bonds is 0. The van der Waals surface area contributed by atoms with Crippen LogP contribution in [0.4, 0.5) is 4.39 Å². The Balaban J connectivity index is 0.00000132. The van der Waals surface area contributed by atoms with E-state index in [2.05, 4.69) is 44.3 Å². The molecule has 0 unspecified atom stereocenters. The minimum absolute atomic E-state index is 0. The molecule has 0 aliphatic heterocycles. The highest BCUT2D eigenvalue weighted by Crippen LogP contribution is 2.31. The zero-order chi connectivity index (χ0) is 13.9. The van der Waals surface area contributed by atoms with Gasteiger partial charge in [-0.3, -0.25) is 0 Å². The smallest absolute Gasteiger partial charge is 0.239 e. The van der Waals surface area contributed by atoms with E-state index in [4.69, 9.17) is 0 Å². The number of hydrogen-bond donors (Lipinski definition) is 1. The second kappa shape index (κ2) is 5.35. The largest absolute Gasteiger partial charge is 0.346 e. The van der Waals surface area contributed by atoms with Crippen LogP contribution in [0, 0.1) is 9.39 Å². The lowest BCUT2D eigenvalue weighted by molar-refractivity contribution is -0.616. The summed E-state index contributed by atoms with van der Waals surface area (Å²) in [5, 5.41) is 2.10. The molecule has 0 saturated carbocycles. The van der Waals surface area contributed by atoms with Gasteiger partial charge >= 0.3 is 0 Å². The fourth-order valence-corrected chi connectivity index (χ4v) is 3.73. The van der Waals surface area contributed by atoms with Crippen molar-refractivity contribution in [1.82, 2.24) is 4.98 Å². The van der Waals surface area contributed by atoms with Crippen molar-refractivity contribution in [2.45, 2.75) is 0 Å². The van der Waals surface area contributed by atoms with Crippen LogP contribution in [-0.4, -0.2) is 4.98 Å². The Labute approximate surface area is 151 Å². The Bertz CT molecular complexity index is 992. The molecule has 21 heavy (non-hydrogen) atoms. The molecule has 0 saturated heterocycles. The van der Waals surface area contributed by atoms with Gasteiger partial charge in [-0.2, -0.15) is 4.57 Å². The quantitative estimate of drug-likeness (QED) is 0.265. The van der Waals surface area contributed by atoms with Crippen molar-refractivity contribution in [3.63, 3.8) is 0 Å². The maximum Gasteiger partial charge on any atom is 0.239 e. The summed E-state index contributed by atoms with van der Waals surface area (Å²) < 4.78 is 17.3. The lowest BCUT2D eigenvalue weighted by atomic mass is 10.1. The highest BCUT2D eigenvalue weighted by Gasteiger charge is 2.21. The third-order valence-electron chi connectivity index (χ3n) is 3.81. The van der Waals surface area contributed by atoms with Crippen LogP contribution in [0.3, 0.4) is 0 Å². The molecule has 4 aromatic rings. The van der Waals surface area contributed by atoms with E-state index in [-0.39, 0.29) is 29.8 Å². The van der Waals surface area contributed by atoms with Gasteiger partial charge in [-0.1, -0.05) is 18.2 Å². The molecule has 0 atom stereocenters. The number of aromatic amines is 1. The standard InChI is InChI=1S/C16H10FIN2.HI/c1-20-12-8-3-2-5-9(12)13(18)15-16(20)10-6-4-7-11(17)14(10)19-15;/h2-8H,1H3;1H/p+1. The number of H-pyrrole nitrogens is 1. The van der Waals surface area contributed by atoms with E-state index in [1.165, 1.54) is 11.5 Å². The molecule has 0 aliphatic carbocycles. The zero-order valence-electron chi connectivity index (χ0n) is 11.2. The number of benzene rings is 2. The van der Waals surface area contributed by atoms with E-state index in [1.807, 2.05) is 25.2 Å². The van der Waals surface area contributed by atoms with Crippen LogP contribution in [0.2, 0.25) is 0 Å². The van der Waals surface area contributed by atoms with Crippen LogP contribution in [0.15, 0.2) is 42.5 Å². The van der Waals surface area contributed by atoms with Crippen molar-refractivity contribution in [3.05, 3.63) is 51.9 Å². The summed E-state index contributed by atoms with van der Waals surface area (Å²) in [5.74, 6) is -0.210. The first-order chi connectivity index (χ1) is 9.68. The lowest BCUT2D eigenvalue weighted by Gasteiger charge is -2.01. The van der Waals surface area contributed by atoms with Crippen molar-refractivity contribution in [2.75, 3.05) is 0 Å². The Morgan fingerprint density at radius 2 is 1.71 bits per heavy atom. The maximum atomic E-state index is 14.0.